The third kappa shape index (κ3) is 4.09. The van der Waals surface area contributed by atoms with Crippen LogP contribution in [0.2, 0.25) is 10.0 Å². The number of rotatable bonds is 3. The van der Waals surface area contributed by atoms with Gasteiger partial charge in [-0.2, -0.15) is 0 Å². The molecule has 0 aromatic heterocycles. The van der Waals surface area contributed by atoms with Gasteiger partial charge in [-0.05, 0) is 35.9 Å². The lowest BCUT2D eigenvalue weighted by Gasteiger charge is -2.08. The van der Waals surface area contributed by atoms with E-state index in [0.29, 0.717) is 10.0 Å². The van der Waals surface area contributed by atoms with Gasteiger partial charge < -0.3 is 10.5 Å². The monoisotopic (exact) mass is 391 g/mol. The summed E-state index contributed by atoms with van der Waals surface area (Å²) in [6.45, 7) is -0.0741. The van der Waals surface area contributed by atoms with Crippen LogP contribution in [0, 0.1) is 5.82 Å². The summed E-state index contributed by atoms with van der Waals surface area (Å²) >= 11 is 14.8. The first kappa shape index (κ1) is 16.1. The van der Waals surface area contributed by atoms with E-state index in [9.17, 15) is 9.18 Å². The molecule has 0 aliphatic heterocycles. The third-order valence-corrected chi connectivity index (χ3v) is 3.86. The first-order valence-electron chi connectivity index (χ1n) is 5.73. The Bertz CT molecular complexity index is 666. The molecule has 0 saturated carbocycles. The predicted molar refractivity (Wildman–Crippen MR) is 84.1 cm³/mol. The molecule has 0 saturated heterocycles. The van der Waals surface area contributed by atoms with Crippen LogP contribution in [-0.4, -0.2) is 5.97 Å². The third-order valence-electron chi connectivity index (χ3n) is 2.58. The summed E-state index contributed by atoms with van der Waals surface area (Å²) < 4.78 is 18.9. The second-order valence-corrected chi connectivity index (χ2v) is 5.92. The molecule has 0 spiro atoms. The number of carbonyl (C=O) groups is 1. The van der Waals surface area contributed by atoms with Crippen LogP contribution in [0.25, 0.3) is 0 Å². The maximum atomic E-state index is 13.2. The minimum atomic E-state index is -0.624. The van der Waals surface area contributed by atoms with E-state index >= 15 is 0 Å². The van der Waals surface area contributed by atoms with Crippen molar-refractivity contribution in [2.24, 2.45) is 0 Å². The van der Waals surface area contributed by atoms with E-state index in [1.807, 2.05) is 0 Å². The van der Waals surface area contributed by atoms with Crippen LogP contribution in [0.5, 0.6) is 0 Å². The Hall–Kier alpha value is -1.30. The highest BCUT2D eigenvalue weighted by Crippen LogP contribution is 2.29. The molecule has 2 N–H and O–H groups in total. The second-order valence-electron chi connectivity index (χ2n) is 4.22. The first-order chi connectivity index (χ1) is 9.86. The summed E-state index contributed by atoms with van der Waals surface area (Å²) in [4.78, 5) is 11.9. The zero-order valence-electron chi connectivity index (χ0n) is 10.5. The van der Waals surface area contributed by atoms with Gasteiger partial charge in [-0.25, -0.2) is 9.18 Å². The summed E-state index contributed by atoms with van der Waals surface area (Å²) in [5.41, 5.74) is 6.51. The Kier molecular flexibility index (Phi) is 5.08. The molecule has 0 unspecified atom stereocenters. The molecule has 7 heteroatoms. The number of halogens is 4. The minimum absolute atomic E-state index is 0.0741. The minimum Gasteiger partial charge on any atom is -0.457 e. The van der Waals surface area contributed by atoms with E-state index in [4.69, 9.17) is 33.7 Å². The standard InChI is InChI=1S/C14H9BrCl2FNO2/c15-9-1-7(2-10(18)5-9)6-21-14(20)8-3-11(16)13(17)12(19)4-8/h1-5H,6,19H2. The van der Waals surface area contributed by atoms with Gasteiger partial charge in [-0.1, -0.05) is 39.1 Å². The lowest BCUT2D eigenvalue weighted by Crippen LogP contribution is -2.06. The SMILES string of the molecule is Nc1cc(C(=O)OCc2cc(F)cc(Br)c2)cc(Cl)c1Cl. The Labute approximate surface area is 138 Å². The molecule has 3 nitrogen and oxygen atoms in total. The van der Waals surface area contributed by atoms with Gasteiger partial charge in [0.15, 0.2) is 0 Å². The van der Waals surface area contributed by atoms with Gasteiger partial charge in [0, 0.05) is 4.47 Å². The summed E-state index contributed by atoms with van der Waals surface area (Å²) in [6, 6.07) is 6.98. The van der Waals surface area contributed by atoms with Gasteiger partial charge in [-0.3, -0.25) is 0 Å². The van der Waals surface area contributed by atoms with Crippen molar-refractivity contribution < 1.29 is 13.9 Å². The second kappa shape index (κ2) is 6.64. The summed E-state index contributed by atoms with van der Waals surface area (Å²) in [6.07, 6.45) is 0. The molecule has 2 rings (SSSR count). The van der Waals surface area contributed by atoms with Crippen LogP contribution in [0.1, 0.15) is 15.9 Å². The highest BCUT2D eigenvalue weighted by Gasteiger charge is 2.13. The first-order valence-corrected chi connectivity index (χ1v) is 7.28. The van der Waals surface area contributed by atoms with Crippen molar-refractivity contribution in [3.8, 4) is 0 Å². The number of benzene rings is 2. The van der Waals surface area contributed by atoms with Crippen LogP contribution >= 0.6 is 39.1 Å². The largest absolute Gasteiger partial charge is 0.457 e. The van der Waals surface area contributed by atoms with Crippen LogP contribution < -0.4 is 5.73 Å². The zero-order chi connectivity index (χ0) is 15.6. The molecule has 0 amide bonds. The van der Waals surface area contributed by atoms with Crippen molar-refractivity contribution >= 4 is 50.8 Å². The van der Waals surface area contributed by atoms with Crippen molar-refractivity contribution in [3.05, 3.63) is 61.8 Å². The number of nitrogens with two attached hydrogens (primary N) is 1. The van der Waals surface area contributed by atoms with Crippen LogP contribution in [0.3, 0.4) is 0 Å². The summed E-state index contributed by atoms with van der Waals surface area (Å²) in [7, 11) is 0. The number of hydrogen-bond acceptors (Lipinski definition) is 3. The van der Waals surface area contributed by atoms with Crippen molar-refractivity contribution in [1.82, 2.24) is 0 Å². The van der Waals surface area contributed by atoms with Crippen molar-refractivity contribution in [1.29, 1.82) is 0 Å². The van der Waals surface area contributed by atoms with Gasteiger partial charge >= 0.3 is 5.97 Å². The fraction of sp³-hybridized carbons (Fsp3) is 0.0714. The Morgan fingerprint density at radius 1 is 1.24 bits per heavy atom. The number of anilines is 1. The predicted octanol–water partition coefficient (Wildman–Crippen LogP) is 4.83. The molecule has 0 bridgehead atoms. The Morgan fingerprint density at radius 2 is 1.95 bits per heavy atom. The topological polar surface area (TPSA) is 52.3 Å². The molecular formula is C14H9BrCl2FNO2. The molecule has 0 fully saturated rings. The van der Waals surface area contributed by atoms with E-state index < -0.39 is 11.8 Å². The van der Waals surface area contributed by atoms with E-state index in [2.05, 4.69) is 15.9 Å². The van der Waals surface area contributed by atoms with Gasteiger partial charge in [0.25, 0.3) is 0 Å². The van der Waals surface area contributed by atoms with Gasteiger partial charge in [0.2, 0.25) is 0 Å². The van der Waals surface area contributed by atoms with E-state index in [-0.39, 0.29) is 27.9 Å². The fourth-order valence-electron chi connectivity index (χ4n) is 1.65. The summed E-state index contributed by atoms with van der Waals surface area (Å²) in [5, 5.41) is 0.347. The van der Waals surface area contributed by atoms with Crippen LogP contribution in [0.15, 0.2) is 34.8 Å². The van der Waals surface area contributed by atoms with E-state index in [0.717, 1.165) is 0 Å². The smallest absolute Gasteiger partial charge is 0.338 e. The summed E-state index contributed by atoms with van der Waals surface area (Å²) in [5.74, 6) is -1.05. The molecule has 2 aromatic carbocycles. The molecule has 110 valence electrons. The molecule has 21 heavy (non-hydrogen) atoms. The average molecular weight is 393 g/mol. The molecule has 0 atom stereocenters. The van der Waals surface area contributed by atoms with Gasteiger partial charge in [0.1, 0.15) is 12.4 Å². The van der Waals surface area contributed by atoms with Crippen LogP contribution in [-0.2, 0) is 11.3 Å². The normalized spacial score (nSPS) is 10.5. The van der Waals surface area contributed by atoms with Gasteiger partial charge in [-0.15, -0.1) is 0 Å². The molecular weight excluding hydrogens is 384 g/mol. The number of hydrogen-bond donors (Lipinski definition) is 1. The van der Waals surface area contributed by atoms with Crippen LogP contribution in [0.4, 0.5) is 10.1 Å². The van der Waals surface area contributed by atoms with Crippen molar-refractivity contribution in [2.75, 3.05) is 5.73 Å². The quantitative estimate of drug-likeness (QED) is 0.600. The highest BCUT2D eigenvalue weighted by atomic mass is 79.9. The number of ether oxygens (including phenoxy) is 1. The molecule has 0 radical (unpaired) electrons. The molecule has 0 aliphatic rings. The van der Waals surface area contributed by atoms with Crippen molar-refractivity contribution in [2.45, 2.75) is 6.61 Å². The van der Waals surface area contributed by atoms with E-state index in [1.54, 1.807) is 6.07 Å². The average Bonchev–Trinajstić information content (AvgIpc) is 2.40. The van der Waals surface area contributed by atoms with Gasteiger partial charge in [0.05, 0.1) is 21.3 Å². The van der Waals surface area contributed by atoms with E-state index in [1.165, 1.54) is 24.3 Å². The zero-order valence-corrected chi connectivity index (χ0v) is 13.6. The maximum Gasteiger partial charge on any atom is 0.338 e. The lowest BCUT2D eigenvalue weighted by molar-refractivity contribution is 0.0472. The Morgan fingerprint density at radius 3 is 2.57 bits per heavy atom. The Balaban J connectivity index is 2.11. The maximum absolute atomic E-state index is 13.2. The number of nitrogen functional groups attached to an aromatic ring is 1. The lowest BCUT2D eigenvalue weighted by atomic mass is 10.2. The fourth-order valence-corrected chi connectivity index (χ4v) is 2.50. The molecule has 0 heterocycles. The molecule has 2 aromatic rings. The van der Waals surface area contributed by atoms with Crippen molar-refractivity contribution in [3.63, 3.8) is 0 Å². The highest BCUT2D eigenvalue weighted by molar-refractivity contribution is 9.10. The number of carbonyl (C=O) groups excluding carboxylic acids is 1. The molecule has 0 aliphatic carbocycles. The number of esters is 1.